The van der Waals surface area contributed by atoms with Crippen molar-refractivity contribution in [2.24, 2.45) is 0 Å². The number of ether oxygens (including phenoxy) is 1. The van der Waals surface area contributed by atoms with Gasteiger partial charge in [0.15, 0.2) is 0 Å². The Balaban J connectivity index is 1.36. The molecule has 7 nitrogen and oxygen atoms in total. The zero-order chi connectivity index (χ0) is 26.9. The van der Waals surface area contributed by atoms with E-state index in [-0.39, 0.29) is 11.8 Å². The number of pyridine rings is 1. The number of anilines is 1. The molecule has 196 valence electrons. The Morgan fingerprint density at radius 3 is 2.26 bits per heavy atom. The summed E-state index contributed by atoms with van der Waals surface area (Å²) in [7, 11) is 0. The van der Waals surface area contributed by atoms with Crippen molar-refractivity contribution in [1.82, 2.24) is 14.8 Å². The molecule has 1 aliphatic heterocycles. The number of aromatic nitrogens is 1. The summed E-state index contributed by atoms with van der Waals surface area (Å²) in [6.07, 6.45) is 3.27. The summed E-state index contributed by atoms with van der Waals surface area (Å²) in [5.74, 6) is 7.03. The Kier molecular flexibility index (Phi) is 8.99. The van der Waals surface area contributed by atoms with Crippen molar-refractivity contribution in [2.75, 3.05) is 50.8 Å². The molecule has 1 fully saturated rings. The van der Waals surface area contributed by atoms with Crippen LogP contribution in [0, 0.1) is 11.8 Å². The zero-order valence-corrected chi connectivity index (χ0v) is 22.3. The molecule has 0 aliphatic carbocycles. The molecule has 0 atom stereocenters. The summed E-state index contributed by atoms with van der Waals surface area (Å²) in [5.41, 5.74) is 3.82. The van der Waals surface area contributed by atoms with E-state index in [1.165, 1.54) is 0 Å². The first-order valence-electron chi connectivity index (χ1n) is 13.2. The monoisotopic (exact) mass is 510 g/mol. The lowest BCUT2D eigenvalue weighted by Crippen LogP contribution is -2.48. The molecule has 0 spiro atoms. The van der Waals surface area contributed by atoms with E-state index in [2.05, 4.69) is 21.7 Å². The van der Waals surface area contributed by atoms with Crippen LogP contribution in [0.2, 0.25) is 0 Å². The van der Waals surface area contributed by atoms with Crippen LogP contribution in [-0.4, -0.2) is 72.5 Å². The molecule has 0 saturated carbocycles. The van der Waals surface area contributed by atoms with Crippen LogP contribution in [-0.2, 0) is 0 Å². The van der Waals surface area contributed by atoms with Gasteiger partial charge in [-0.2, -0.15) is 0 Å². The second-order valence-corrected chi connectivity index (χ2v) is 8.98. The van der Waals surface area contributed by atoms with Crippen molar-refractivity contribution in [1.29, 1.82) is 0 Å². The van der Waals surface area contributed by atoms with Gasteiger partial charge in [-0.15, -0.1) is 0 Å². The highest BCUT2D eigenvalue weighted by Crippen LogP contribution is 2.19. The largest absolute Gasteiger partial charge is 0.494 e. The smallest absolute Gasteiger partial charge is 0.255 e. The Morgan fingerprint density at radius 2 is 1.58 bits per heavy atom. The molecule has 4 rings (SSSR count). The molecule has 0 unspecified atom stereocenters. The second kappa shape index (κ2) is 12.8. The lowest BCUT2D eigenvalue weighted by molar-refractivity contribution is 0.0743. The number of carbonyl (C=O) groups excluding carboxylic acids is 2. The highest BCUT2D eigenvalue weighted by Gasteiger charge is 2.23. The summed E-state index contributed by atoms with van der Waals surface area (Å²) in [6.45, 7) is 10.6. The fraction of sp³-hybridized carbons (Fsp3) is 0.323. The second-order valence-electron chi connectivity index (χ2n) is 8.98. The van der Waals surface area contributed by atoms with Crippen molar-refractivity contribution >= 4 is 17.5 Å². The average Bonchev–Trinajstić information content (AvgIpc) is 2.97. The minimum absolute atomic E-state index is 0.0423. The highest BCUT2D eigenvalue weighted by molar-refractivity contribution is 5.95. The van der Waals surface area contributed by atoms with E-state index in [1.54, 1.807) is 18.5 Å². The molecule has 38 heavy (non-hydrogen) atoms. The summed E-state index contributed by atoms with van der Waals surface area (Å²) in [5, 5.41) is 0. The number of carbonyl (C=O) groups is 2. The van der Waals surface area contributed by atoms with Crippen LogP contribution >= 0.6 is 0 Å². The van der Waals surface area contributed by atoms with Gasteiger partial charge >= 0.3 is 0 Å². The standard InChI is InChI=1S/C31H34N4O3/c1-4-33(5-2)30(36)26-12-14-28(15-13-26)34-16-18-35(19-17-34)31(37)27-20-25(22-32-23-27)11-10-24-8-7-9-29(21-24)38-6-3/h7-9,12-15,20-23H,4-6,16-19H2,1-3H3. The van der Waals surface area contributed by atoms with Gasteiger partial charge in [-0.3, -0.25) is 14.6 Å². The number of piperazine rings is 1. The van der Waals surface area contributed by atoms with E-state index in [4.69, 9.17) is 4.74 Å². The van der Waals surface area contributed by atoms with Crippen LogP contribution in [0.4, 0.5) is 5.69 Å². The van der Waals surface area contributed by atoms with Gasteiger partial charge in [-0.05, 0) is 69.3 Å². The summed E-state index contributed by atoms with van der Waals surface area (Å²) in [4.78, 5) is 35.9. The first kappa shape index (κ1) is 26.7. The molecule has 3 aromatic rings. The van der Waals surface area contributed by atoms with Gasteiger partial charge in [-0.25, -0.2) is 0 Å². The molecule has 1 aliphatic rings. The van der Waals surface area contributed by atoms with Crippen LogP contribution < -0.4 is 9.64 Å². The predicted octanol–water partition coefficient (Wildman–Crippen LogP) is 4.32. The van der Waals surface area contributed by atoms with Crippen molar-refractivity contribution in [3.8, 4) is 17.6 Å². The van der Waals surface area contributed by atoms with Crippen LogP contribution in [0.15, 0.2) is 67.0 Å². The van der Waals surface area contributed by atoms with Crippen molar-refractivity contribution < 1.29 is 14.3 Å². The van der Waals surface area contributed by atoms with E-state index < -0.39 is 0 Å². The number of hydrogen-bond donors (Lipinski definition) is 0. The normalized spacial score (nSPS) is 12.9. The van der Waals surface area contributed by atoms with Crippen molar-refractivity contribution in [3.05, 3.63) is 89.2 Å². The third-order valence-electron chi connectivity index (χ3n) is 6.58. The number of benzene rings is 2. The Bertz CT molecular complexity index is 1310. The van der Waals surface area contributed by atoms with Crippen LogP contribution in [0.5, 0.6) is 5.75 Å². The van der Waals surface area contributed by atoms with Gasteiger partial charge in [0.05, 0.1) is 12.2 Å². The Hall–Kier alpha value is -4.31. The Morgan fingerprint density at radius 1 is 0.868 bits per heavy atom. The molecule has 2 amide bonds. The number of hydrogen-bond acceptors (Lipinski definition) is 5. The van der Waals surface area contributed by atoms with E-state index >= 15 is 0 Å². The maximum Gasteiger partial charge on any atom is 0.255 e. The Labute approximate surface area is 225 Å². The van der Waals surface area contributed by atoms with Gasteiger partial charge in [0.1, 0.15) is 5.75 Å². The highest BCUT2D eigenvalue weighted by atomic mass is 16.5. The molecular weight excluding hydrogens is 476 g/mol. The van der Waals surface area contributed by atoms with Gasteiger partial charge in [0.2, 0.25) is 0 Å². The number of nitrogens with zero attached hydrogens (tertiary/aromatic N) is 4. The van der Waals surface area contributed by atoms with E-state index in [0.717, 1.165) is 30.1 Å². The fourth-order valence-corrected chi connectivity index (χ4v) is 4.46. The quantitative estimate of drug-likeness (QED) is 0.443. The van der Waals surface area contributed by atoms with Gasteiger partial charge < -0.3 is 19.4 Å². The summed E-state index contributed by atoms with van der Waals surface area (Å²) >= 11 is 0. The fourth-order valence-electron chi connectivity index (χ4n) is 4.46. The molecule has 1 saturated heterocycles. The summed E-state index contributed by atoms with van der Waals surface area (Å²) < 4.78 is 5.53. The SMILES string of the molecule is CCOc1cccc(C#Cc2cncc(C(=O)N3CCN(c4ccc(C(=O)N(CC)CC)cc4)CC3)c2)c1. The first-order valence-corrected chi connectivity index (χ1v) is 13.2. The predicted molar refractivity (Wildman–Crippen MR) is 150 cm³/mol. The zero-order valence-electron chi connectivity index (χ0n) is 22.3. The molecular formula is C31H34N4O3. The third-order valence-corrected chi connectivity index (χ3v) is 6.58. The van der Waals surface area contributed by atoms with E-state index in [9.17, 15) is 9.59 Å². The topological polar surface area (TPSA) is 66.0 Å². The molecule has 2 aromatic carbocycles. The molecule has 1 aromatic heterocycles. The maximum absolute atomic E-state index is 13.2. The van der Waals surface area contributed by atoms with Crippen molar-refractivity contribution in [3.63, 3.8) is 0 Å². The third kappa shape index (κ3) is 6.51. The number of amides is 2. The lowest BCUT2D eigenvalue weighted by atomic mass is 10.1. The van der Waals surface area contributed by atoms with Crippen LogP contribution in [0.25, 0.3) is 0 Å². The maximum atomic E-state index is 13.2. The lowest BCUT2D eigenvalue weighted by Gasteiger charge is -2.36. The minimum atomic E-state index is -0.0423. The van der Waals surface area contributed by atoms with Gasteiger partial charge in [0.25, 0.3) is 11.8 Å². The van der Waals surface area contributed by atoms with Crippen LogP contribution in [0.3, 0.4) is 0 Å². The molecule has 2 heterocycles. The van der Waals surface area contributed by atoms with Gasteiger partial charge in [0, 0.05) is 74.0 Å². The average molecular weight is 511 g/mol. The van der Waals surface area contributed by atoms with E-state index in [0.29, 0.717) is 49.5 Å². The molecule has 7 heteroatoms. The van der Waals surface area contributed by atoms with Crippen LogP contribution in [0.1, 0.15) is 52.6 Å². The summed E-state index contributed by atoms with van der Waals surface area (Å²) in [6, 6.07) is 17.2. The van der Waals surface area contributed by atoms with E-state index in [1.807, 2.05) is 79.1 Å². The van der Waals surface area contributed by atoms with Gasteiger partial charge in [-0.1, -0.05) is 17.9 Å². The molecule has 0 N–H and O–H groups in total. The van der Waals surface area contributed by atoms with Crippen molar-refractivity contribution in [2.45, 2.75) is 20.8 Å². The molecule has 0 bridgehead atoms. The first-order chi connectivity index (χ1) is 18.5. The number of rotatable bonds is 7. The minimum Gasteiger partial charge on any atom is -0.494 e. The molecule has 0 radical (unpaired) electrons.